The van der Waals surface area contributed by atoms with Crippen molar-refractivity contribution in [3.8, 4) is 0 Å². The van der Waals surface area contributed by atoms with Crippen LogP contribution in [0, 0.1) is 0 Å². The van der Waals surface area contributed by atoms with E-state index >= 15 is 0 Å². The van der Waals surface area contributed by atoms with E-state index in [1.165, 1.54) is 0 Å². The molecule has 0 bridgehead atoms. The summed E-state index contributed by atoms with van der Waals surface area (Å²) in [5, 5.41) is 3.95. The SMILES string of the molecule is COC(=O)CNC(=O)CNCC(F)(F)F. The van der Waals surface area contributed by atoms with Crippen LogP contribution >= 0.6 is 0 Å². The maximum absolute atomic E-state index is 11.6. The van der Waals surface area contributed by atoms with E-state index in [0.717, 1.165) is 7.11 Å². The van der Waals surface area contributed by atoms with Crippen LogP contribution in [0.2, 0.25) is 0 Å². The number of halogens is 3. The first kappa shape index (κ1) is 13.7. The van der Waals surface area contributed by atoms with Crippen molar-refractivity contribution in [3.63, 3.8) is 0 Å². The lowest BCUT2D eigenvalue weighted by molar-refractivity contribution is -0.141. The molecule has 0 aromatic carbocycles. The van der Waals surface area contributed by atoms with Gasteiger partial charge in [-0.2, -0.15) is 13.2 Å². The number of ether oxygens (including phenoxy) is 1. The van der Waals surface area contributed by atoms with Crippen LogP contribution in [0.25, 0.3) is 0 Å². The average molecular weight is 228 g/mol. The molecule has 0 aliphatic carbocycles. The molecule has 0 saturated heterocycles. The Morgan fingerprint density at radius 2 is 1.87 bits per heavy atom. The monoisotopic (exact) mass is 228 g/mol. The van der Waals surface area contributed by atoms with Gasteiger partial charge in [0.2, 0.25) is 5.91 Å². The zero-order valence-electron chi connectivity index (χ0n) is 7.98. The minimum absolute atomic E-state index is 0.358. The van der Waals surface area contributed by atoms with Crippen LogP contribution in [-0.2, 0) is 14.3 Å². The van der Waals surface area contributed by atoms with E-state index in [0.29, 0.717) is 0 Å². The van der Waals surface area contributed by atoms with Crippen molar-refractivity contribution in [2.75, 3.05) is 26.7 Å². The molecule has 8 heteroatoms. The maximum atomic E-state index is 11.6. The fraction of sp³-hybridized carbons (Fsp3) is 0.714. The number of hydrogen-bond donors (Lipinski definition) is 2. The van der Waals surface area contributed by atoms with Gasteiger partial charge in [0.15, 0.2) is 0 Å². The summed E-state index contributed by atoms with van der Waals surface area (Å²) in [4.78, 5) is 21.3. The van der Waals surface area contributed by atoms with Crippen LogP contribution in [0.1, 0.15) is 0 Å². The molecule has 0 saturated carbocycles. The zero-order chi connectivity index (χ0) is 11.9. The Hall–Kier alpha value is -1.31. The third-order valence-electron chi connectivity index (χ3n) is 1.27. The molecule has 0 atom stereocenters. The van der Waals surface area contributed by atoms with E-state index < -0.39 is 31.1 Å². The van der Waals surface area contributed by atoms with Crippen LogP contribution < -0.4 is 10.6 Å². The second-order valence-electron chi connectivity index (χ2n) is 2.57. The standard InChI is InChI=1S/C7H11F3N2O3/c1-15-6(14)3-12-5(13)2-11-4-7(8,9)10/h11H,2-4H2,1H3,(H,12,13). The Morgan fingerprint density at radius 1 is 1.27 bits per heavy atom. The summed E-state index contributed by atoms with van der Waals surface area (Å²) in [5.41, 5.74) is 0. The molecule has 1 amide bonds. The van der Waals surface area contributed by atoms with E-state index in [1.54, 1.807) is 0 Å². The Morgan fingerprint density at radius 3 is 2.33 bits per heavy atom. The van der Waals surface area contributed by atoms with Crippen molar-refractivity contribution in [2.45, 2.75) is 6.18 Å². The summed E-state index contributed by atoms with van der Waals surface area (Å²) in [7, 11) is 1.14. The van der Waals surface area contributed by atoms with Crippen LogP contribution in [0.4, 0.5) is 13.2 Å². The minimum atomic E-state index is -4.36. The molecule has 0 radical (unpaired) electrons. The molecule has 88 valence electrons. The number of rotatable bonds is 5. The highest BCUT2D eigenvalue weighted by atomic mass is 19.4. The summed E-state index contributed by atoms with van der Waals surface area (Å²) in [6, 6.07) is 0. The van der Waals surface area contributed by atoms with Crippen molar-refractivity contribution in [3.05, 3.63) is 0 Å². The van der Waals surface area contributed by atoms with E-state index in [4.69, 9.17) is 0 Å². The Labute approximate surface area is 84.0 Å². The molecule has 0 rings (SSSR count). The number of nitrogens with one attached hydrogen (secondary N) is 2. The van der Waals surface area contributed by atoms with Gasteiger partial charge in [0.1, 0.15) is 6.54 Å². The van der Waals surface area contributed by atoms with Gasteiger partial charge in [-0.3, -0.25) is 9.59 Å². The second kappa shape index (κ2) is 6.23. The molecular formula is C7H11F3N2O3. The topological polar surface area (TPSA) is 67.4 Å². The number of carbonyl (C=O) groups is 2. The molecule has 0 aliphatic rings. The Kier molecular flexibility index (Phi) is 5.68. The molecule has 0 fully saturated rings. The summed E-state index contributed by atoms with van der Waals surface area (Å²) in [6.07, 6.45) is -4.36. The highest BCUT2D eigenvalue weighted by Crippen LogP contribution is 2.11. The van der Waals surface area contributed by atoms with Gasteiger partial charge in [-0.25, -0.2) is 0 Å². The lowest BCUT2D eigenvalue weighted by Gasteiger charge is -2.08. The molecule has 0 aliphatic heterocycles. The molecule has 0 heterocycles. The Bertz CT molecular complexity index is 230. The molecule has 0 aromatic rings. The number of methoxy groups -OCH3 is 1. The van der Waals surface area contributed by atoms with Gasteiger partial charge in [-0.05, 0) is 0 Å². The minimum Gasteiger partial charge on any atom is -0.468 e. The predicted octanol–water partition coefficient (Wildman–Crippen LogP) is -0.573. The molecule has 2 N–H and O–H groups in total. The number of amides is 1. The molecule has 15 heavy (non-hydrogen) atoms. The summed E-state index contributed by atoms with van der Waals surface area (Å²) >= 11 is 0. The van der Waals surface area contributed by atoms with Gasteiger partial charge in [0, 0.05) is 0 Å². The van der Waals surface area contributed by atoms with E-state index in [1.807, 2.05) is 5.32 Å². The summed E-state index contributed by atoms with van der Waals surface area (Å²) < 4.78 is 39.0. The summed E-state index contributed by atoms with van der Waals surface area (Å²) in [5.74, 6) is -1.37. The molecule has 5 nitrogen and oxygen atoms in total. The average Bonchev–Trinajstić information content (AvgIpc) is 2.12. The highest BCUT2D eigenvalue weighted by molar-refractivity contribution is 5.83. The van der Waals surface area contributed by atoms with Gasteiger partial charge in [-0.15, -0.1) is 0 Å². The number of carbonyl (C=O) groups excluding carboxylic acids is 2. The van der Waals surface area contributed by atoms with Gasteiger partial charge < -0.3 is 15.4 Å². The summed E-state index contributed by atoms with van der Waals surface area (Å²) in [6.45, 7) is -2.11. The van der Waals surface area contributed by atoms with Crippen molar-refractivity contribution >= 4 is 11.9 Å². The largest absolute Gasteiger partial charge is 0.468 e. The number of esters is 1. The Balaban J connectivity index is 3.54. The van der Waals surface area contributed by atoms with Crippen molar-refractivity contribution in [1.29, 1.82) is 0 Å². The van der Waals surface area contributed by atoms with Crippen LogP contribution in [0.3, 0.4) is 0 Å². The number of hydrogen-bond acceptors (Lipinski definition) is 4. The number of alkyl halides is 3. The van der Waals surface area contributed by atoms with E-state index in [-0.39, 0.29) is 6.54 Å². The van der Waals surface area contributed by atoms with Crippen molar-refractivity contribution < 1.29 is 27.5 Å². The van der Waals surface area contributed by atoms with Crippen LogP contribution in [0.15, 0.2) is 0 Å². The van der Waals surface area contributed by atoms with Crippen LogP contribution in [0.5, 0.6) is 0 Å². The first-order chi connectivity index (χ1) is 6.85. The second-order valence-corrected chi connectivity index (χ2v) is 2.57. The lowest BCUT2D eigenvalue weighted by atomic mass is 10.5. The smallest absolute Gasteiger partial charge is 0.401 e. The lowest BCUT2D eigenvalue weighted by Crippen LogP contribution is -2.40. The predicted molar refractivity (Wildman–Crippen MR) is 44.0 cm³/mol. The molecule has 0 unspecified atom stereocenters. The normalized spacial score (nSPS) is 10.9. The van der Waals surface area contributed by atoms with Crippen molar-refractivity contribution in [1.82, 2.24) is 10.6 Å². The third-order valence-corrected chi connectivity index (χ3v) is 1.27. The van der Waals surface area contributed by atoms with Gasteiger partial charge in [0.25, 0.3) is 0 Å². The molecule has 0 aromatic heterocycles. The van der Waals surface area contributed by atoms with Crippen LogP contribution in [-0.4, -0.2) is 44.8 Å². The first-order valence-electron chi connectivity index (χ1n) is 3.96. The maximum Gasteiger partial charge on any atom is 0.401 e. The van der Waals surface area contributed by atoms with Gasteiger partial charge >= 0.3 is 12.1 Å². The first-order valence-corrected chi connectivity index (χ1v) is 3.96. The van der Waals surface area contributed by atoms with Gasteiger partial charge in [0.05, 0.1) is 20.2 Å². The fourth-order valence-corrected chi connectivity index (χ4v) is 0.623. The quantitative estimate of drug-likeness (QED) is 0.618. The zero-order valence-corrected chi connectivity index (χ0v) is 7.98. The fourth-order valence-electron chi connectivity index (χ4n) is 0.623. The molecular weight excluding hydrogens is 217 g/mol. The van der Waals surface area contributed by atoms with Crippen molar-refractivity contribution in [2.24, 2.45) is 0 Å². The highest BCUT2D eigenvalue weighted by Gasteiger charge is 2.26. The molecule has 0 spiro atoms. The van der Waals surface area contributed by atoms with E-state index in [2.05, 4.69) is 10.1 Å². The third kappa shape index (κ3) is 9.01. The van der Waals surface area contributed by atoms with E-state index in [9.17, 15) is 22.8 Å². The van der Waals surface area contributed by atoms with Gasteiger partial charge in [-0.1, -0.05) is 0 Å².